The number of likely N-dealkylation sites (tertiary alicyclic amines) is 1. The topological polar surface area (TPSA) is 32.3 Å². The second kappa shape index (κ2) is 6.97. The predicted octanol–water partition coefficient (Wildman–Crippen LogP) is 4.00. The summed E-state index contributed by atoms with van der Waals surface area (Å²) in [6, 6.07) is 8.64. The Morgan fingerprint density at radius 2 is 1.81 bits per heavy atom. The van der Waals surface area contributed by atoms with Crippen molar-refractivity contribution in [1.82, 2.24) is 10.2 Å². The summed E-state index contributed by atoms with van der Waals surface area (Å²) in [6.07, 6.45) is 2.27. The second-order valence-electron chi connectivity index (χ2n) is 6.62. The number of piperidine rings is 1. The maximum atomic E-state index is 12.4. The van der Waals surface area contributed by atoms with Gasteiger partial charge in [-0.3, -0.25) is 0 Å². The van der Waals surface area contributed by atoms with Crippen LogP contribution in [0.25, 0.3) is 0 Å². The Kier molecular flexibility index (Phi) is 5.27. The zero-order valence-corrected chi connectivity index (χ0v) is 13.7. The van der Waals surface area contributed by atoms with E-state index in [4.69, 9.17) is 0 Å². The highest BCUT2D eigenvalue weighted by molar-refractivity contribution is 5.74. The minimum absolute atomic E-state index is 0.0518. The minimum Gasteiger partial charge on any atom is -0.331 e. The standard InChI is InChI=1S/C18H28N2O/c1-5-16-6-8-17(9-7-16)15(4)19-18(21)20-11-13(2)10-14(3)12-20/h6-9,13-15H,5,10-12H2,1-4H3,(H,19,21). The molecule has 0 spiro atoms. The fourth-order valence-electron chi connectivity index (χ4n) is 3.23. The van der Waals surface area contributed by atoms with Gasteiger partial charge in [-0.15, -0.1) is 0 Å². The van der Waals surface area contributed by atoms with Crippen LogP contribution in [0.4, 0.5) is 4.79 Å². The van der Waals surface area contributed by atoms with Gasteiger partial charge in [0.05, 0.1) is 6.04 Å². The lowest BCUT2D eigenvalue weighted by Crippen LogP contribution is -2.48. The number of urea groups is 1. The highest BCUT2D eigenvalue weighted by atomic mass is 16.2. The van der Waals surface area contributed by atoms with Gasteiger partial charge in [0.2, 0.25) is 0 Å². The molecule has 3 nitrogen and oxygen atoms in total. The first kappa shape index (κ1) is 15.9. The van der Waals surface area contributed by atoms with Crippen molar-refractivity contribution in [2.45, 2.75) is 46.6 Å². The van der Waals surface area contributed by atoms with Crippen LogP contribution >= 0.6 is 0 Å². The summed E-state index contributed by atoms with van der Waals surface area (Å²) in [7, 11) is 0. The lowest BCUT2D eigenvalue weighted by Gasteiger charge is -2.35. The highest BCUT2D eigenvalue weighted by Crippen LogP contribution is 2.21. The first-order valence-corrected chi connectivity index (χ1v) is 8.13. The molecule has 1 heterocycles. The number of nitrogens with one attached hydrogen (secondary N) is 1. The smallest absolute Gasteiger partial charge is 0.317 e. The normalized spacial score (nSPS) is 23.7. The van der Waals surface area contributed by atoms with Gasteiger partial charge in [0.1, 0.15) is 0 Å². The van der Waals surface area contributed by atoms with Gasteiger partial charge in [-0.05, 0) is 42.7 Å². The van der Waals surface area contributed by atoms with Crippen LogP contribution in [0.15, 0.2) is 24.3 Å². The molecule has 2 rings (SSSR count). The summed E-state index contributed by atoms with van der Waals surface area (Å²) in [5, 5.41) is 3.13. The van der Waals surface area contributed by atoms with Crippen LogP contribution in [-0.4, -0.2) is 24.0 Å². The molecule has 1 aliphatic heterocycles. The summed E-state index contributed by atoms with van der Waals surface area (Å²) < 4.78 is 0. The summed E-state index contributed by atoms with van der Waals surface area (Å²) in [5.41, 5.74) is 2.50. The van der Waals surface area contributed by atoms with Crippen LogP contribution in [0.1, 0.15) is 51.3 Å². The van der Waals surface area contributed by atoms with Crippen LogP contribution in [0, 0.1) is 11.8 Å². The number of rotatable bonds is 3. The number of hydrogen-bond donors (Lipinski definition) is 1. The SMILES string of the molecule is CCc1ccc(C(C)NC(=O)N2CC(C)CC(C)C2)cc1. The number of amides is 2. The molecule has 0 radical (unpaired) electrons. The van der Waals surface area contributed by atoms with Gasteiger partial charge in [0.15, 0.2) is 0 Å². The molecule has 1 saturated heterocycles. The van der Waals surface area contributed by atoms with E-state index in [1.165, 1.54) is 17.5 Å². The zero-order chi connectivity index (χ0) is 15.4. The van der Waals surface area contributed by atoms with Crippen molar-refractivity contribution >= 4 is 6.03 Å². The van der Waals surface area contributed by atoms with Gasteiger partial charge >= 0.3 is 6.03 Å². The van der Waals surface area contributed by atoms with Crippen LogP contribution in [0.5, 0.6) is 0 Å². The van der Waals surface area contributed by atoms with Gasteiger partial charge in [-0.1, -0.05) is 45.0 Å². The lowest BCUT2D eigenvalue weighted by atomic mass is 9.92. The van der Waals surface area contributed by atoms with E-state index in [9.17, 15) is 4.79 Å². The summed E-state index contributed by atoms with van der Waals surface area (Å²) in [5.74, 6) is 1.19. The third kappa shape index (κ3) is 4.23. The van der Waals surface area contributed by atoms with Crippen LogP contribution in [-0.2, 0) is 6.42 Å². The molecule has 2 amide bonds. The van der Waals surface area contributed by atoms with Gasteiger partial charge in [0, 0.05) is 13.1 Å². The predicted molar refractivity (Wildman–Crippen MR) is 87.3 cm³/mol. The molecule has 0 saturated carbocycles. The summed E-state index contributed by atoms with van der Waals surface area (Å²) in [6.45, 7) is 10.4. The lowest BCUT2D eigenvalue weighted by molar-refractivity contribution is 0.144. The van der Waals surface area contributed by atoms with Crippen molar-refractivity contribution in [3.63, 3.8) is 0 Å². The molecule has 21 heavy (non-hydrogen) atoms. The average molecular weight is 288 g/mol. The van der Waals surface area contributed by atoms with E-state index in [-0.39, 0.29) is 12.1 Å². The Hall–Kier alpha value is -1.51. The van der Waals surface area contributed by atoms with Crippen molar-refractivity contribution in [1.29, 1.82) is 0 Å². The van der Waals surface area contributed by atoms with E-state index < -0.39 is 0 Å². The third-order valence-corrected chi connectivity index (χ3v) is 4.38. The molecule has 0 aromatic heterocycles. The van der Waals surface area contributed by atoms with Crippen LogP contribution in [0.3, 0.4) is 0 Å². The molecule has 3 heteroatoms. The third-order valence-electron chi connectivity index (χ3n) is 4.38. The van der Waals surface area contributed by atoms with Gasteiger partial charge in [-0.2, -0.15) is 0 Å². The Labute approximate surface area is 128 Å². The van der Waals surface area contributed by atoms with Gasteiger partial charge in [0.25, 0.3) is 0 Å². The molecule has 1 aromatic carbocycles. The Morgan fingerprint density at radius 1 is 1.24 bits per heavy atom. The fourth-order valence-corrected chi connectivity index (χ4v) is 3.23. The van der Waals surface area contributed by atoms with Crippen LogP contribution < -0.4 is 5.32 Å². The first-order chi connectivity index (χ1) is 9.99. The summed E-state index contributed by atoms with van der Waals surface area (Å²) >= 11 is 0. The molecule has 1 N–H and O–H groups in total. The monoisotopic (exact) mass is 288 g/mol. The van der Waals surface area contributed by atoms with Crippen molar-refractivity contribution in [3.8, 4) is 0 Å². The number of nitrogens with zero attached hydrogens (tertiary/aromatic N) is 1. The zero-order valence-electron chi connectivity index (χ0n) is 13.7. The molecule has 0 aliphatic carbocycles. The van der Waals surface area contributed by atoms with E-state index in [2.05, 4.69) is 57.3 Å². The quantitative estimate of drug-likeness (QED) is 0.896. The highest BCUT2D eigenvalue weighted by Gasteiger charge is 2.26. The molecule has 0 bridgehead atoms. The van der Waals surface area contributed by atoms with Crippen molar-refractivity contribution < 1.29 is 4.79 Å². The van der Waals surface area contributed by atoms with E-state index in [0.29, 0.717) is 11.8 Å². The molecule has 1 aromatic rings. The summed E-state index contributed by atoms with van der Waals surface area (Å²) in [4.78, 5) is 14.4. The van der Waals surface area contributed by atoms with Crippen molar-refractivity contribution in [2.24, 2.45) is 11.8 Å². The molecule has 116 valence electrons. The second-order valence-corrected chi connectivity index (χ2v) is 6.62. The number of aryl methyl sites for hydroxylation is 1. The molecule has 3 unspecified atom stereocenters. The van der Waals surface area contributed by atoms with E-state index in [1.54, 1.807) is 0 Å². The van der Waals surface area contributed by atoms with Gasteiger partial charge < -0.3 is 10.2 Å². The van der Waals surface area contributed by atoms with E-state index in [0.717, 1.165) is 19.5 Å². The molecule has 1 fully saturated rings. The Balaban J connectivity index is 1.94. The largest absolute Gasteiger partial charge is 0.331 e. The van der Waals surface area contributed by atoms with Gasteiger partial charge in [-0.25, -0.2) is 4.79 Å². The molecule has 1 aliphatic rings. The number of carbonyl (C=O) groups excluding carboxylic acids is 1. The number of hydrogen-bond acceptors (Lipinski definition) is 1. The maximum Gasteiger partial charge on any atom is 0.317 e. The first-order valence-electron chi connectivity index (χ1n) is 8.13. The van der Waals surface area contributed by atoms with Crippen molar-refractivity contribution in [3.05, 3.63) is 35.4 Å². The fraction of sp³-hybridized carbons (Fsp3) is 0.611. The average Bonchev–Trinajstić information content (AvgIpc) is 2.46. The van der Waals surface area contributed by atoms with E-state index >= 15 is 0 Å². The Morgan fingerprint density at radius 3 is 2.33 bits per heavy atom. The molecule has 3 atom stereocenters. The number of benzene rings is 1. The number of carbonyl (C=O) groups is 1. The van der Waals surface area contributed by atoms with E-state index in [1.807, 2.05) is 4.90 Å². The maximum absolute atomic E-state index is 12.4. The molecular formula is C18H28N2O. The van der Waals surface area contributed by atoms with Crippen molar-refractivity contribution in [2.75, 3.05) is 13.1 Å². The Bertz CT molecular complexity index is 459. The van der Waals surface area contributed by atoms with Crippen LogP contribution in [0.2, 0.25) is 0 Å². The molecular weight excluding hydrogens is 260 g/mol. The minimum atomic E-state index is 0.0518.